The molecule has 0 N–H and O–H groups in total. The van der Waals surface area contributed by atoms with Gasteiger partial charge in [0.2, 0.25) is 0 Å². The number of aromatic nitrogens is 5. The van der Waals surface area contributed by atoms with E-state index in [4.69, 9.17) is 15.0 Å². The molecular formula is C39H25N5. The van der Waals surface area contributed by atoms with E-state index >= 15 is 0 Å². The smallest absolute Gasteiger partial charge is 0.0985 e. The molecule has 4 aromatic carbocycles. The van der Waals surface area contributed by atoms with Crippen LogP contribution in [0.5, 0.6) is 0 Å². The monoisotopic (exact) mass is 563 g/mol. The summed E-state index contributed by atoms with van der Waals surface area (Å²) in [7, 11) is 0. The molecule has 0 radical (unpaired) electrons. The molecule has 0 saturated carbocycles. The number of nitrogens with zero attached hydrogens (tertiary/aromatic N) is 5. The largest absolute Gasteiger partial charge is 0.306 e. The van der Waals surface area contributed by atoms with E-state index in [0.29, 0.717) is 0 Å². The highest BCUT2D eigenvalue weighted by Gasteiger charge is 2.23. The number of hydrogen-bond acceptors (Lipinski definition) is 3. The molecule has 5 aromatic heterocycles. The molecule has 206 valence electrons. The van der Waals surface area contributed by atoms with Gasteiger partial charge in [-0.2, -0.15) is 0 Å². The lowest BCUT2D eigenvalue weighted by molar-refractivity contribution is 1.13. The van der Waals surface area contributed by atoms with Gasteiger partial charge in [0.1, 0.15) is 0 Å². The van der Waals surface area contributed by atoms with Crippen molar-refractivity contribution >= 4 is 43.9 Å². The van der Waals surface area contributed by atoms with E-state index in [1.165, 1.54) is 0 Å². The molecule has 5 heterocycles. The highest BCUT2D eigenvalue weighted by Crippen LogP contribution is 2.40. The van der Waals surface area contributed by atoms with Crippen LogP contribution in [0.3, 0.4) is 0 Å². The molecule has 0 amide bonds. The standard InChI is InChI=1S/C39H25N5/c1-4-13-26(14-5-1)32-23-29(24-33(42-32)27-15-6-2-7-16-27)44-34-20-11-10-19-30(34)37-39(44)38-31(25-41-37)36-35(21-12-22-40-36)43(38)28-17-8-3-9-18-28/h1-25H. The first-order chi connectivity index (χ1) is 21.8. The zero-order valence-corrected chi connectivity index (χ0v) is 23.7. The minimum atomic E-state index is 0.915. The number of rotatable bonds is 4. The van der Waals surface area contributed by atoms with Gasteiger partial charge in [0.05, 0.1) is 50.2 Å². The van der Waals surface area contributed by atoms with Crippen molar-refractivity contribution in [1.82, 2.24) is 24.1 Å². The highest BCUT2D eigenvalue weighted by atomic mass is 15.1. The van der Waals surface area contributed by atoms with Crippen molar-refractivity contribution in [2.45, 2.75) is 0 Å². The minimum absolute atomic E-state index is 0.915. The fourth-order valence-corrected chi connectivity index (χ4v) is 6.47. The van der Waals surface area contributed by atoms with Gasteiger partial charge in [0, 0.05) is 40.0 Å². The average Bonchev–Trinajstić information content (AvgIpc) is 3.62. The summed E-state index contributed by atoms with van der Waals surface area (Å²) in [6, 6.07) is 48.4. The fraction of sp³-hybridized carbons (Fsp3) is 0. The second kappa shape index (κ2) is 9.75. The van der Waals surface area contributed by atoms with E-state index in [2.05, 4.69) is 130 Å². The third-order valence-electron chi connectivity index (χ3n) is 8.38. The lowest BCUT2D eigenvalue weighted by Crippen LogP contribution is -2.01. The number of pyridine rings is 3. The van der Waals surface area contributed by atoms with Gasteiger partial charge < -0.3 is 9.13 Å². The quantitative estimate of drug-likeness (QED) is 0.214. The summed E-state index contributed by atoms with van der Waals surface area (Å²) in [5.41, 5.74) is 12.2. The van der Waals surface area contributed by atoms with Crippen LogP contribution in [-0.2, 0) is 0 Å². The van der Waals surface area contributed by atoms with Crippen LogP contribution >= 0.6 is 0 Å². The number of benzene rings is 4. The summed E-state index contributed by atoms with van der Waals surface area (Å²) in [5.74, 6) is 0. The Labute approximate surface area is 253 Å². The third kappa shape index (κ3) is 3.69. The molecule has 0 spiro atoms. The Morgan fingerprint density at radius 2 is 1.02 bits per heavy atom. The summed E-state index contributed by atoms with van der Waals surface area (Å²) in [6.07, 6.45) is 3.85. The predicted octanol–water partition coefficient (Wildman–Crippen LogP) is 9.40. The first-order valence-corrected chi connectivity index (χ1v) is 14.7. The van der Waals surface area contributed by atoms with Gasteiger partial charge in [0.15, 0.2) is 0 Å². The number of hydrogen-bond donors (Lipinski definition) is 0. The summed E-state index contributed by atoms with van der Waals surface area (Å²) in [4.78, 5) is 15.1. The van der Waals surface area contributed by atoms with Crippen molar-refractivity contribution in [2.24, 2.45) is 0 Å². The lowest BCUT2D eigenvalue weighted by Gasteiger charge is -2.14. The van der Waals surface area contributed by atoms with Gasteiger partial charge in [-0.1, -0.05) is 97.1 Å². The van der Waals surface area contributed by atoms with Crippen LogP contribution in [0.2, 0.25) is 0 Å². The molecule has 0 aliphatic rings. The van der Waals surface area contributed by atoms with E-state index in [9.17, 15) is 0 Å². The van der Waals surface area contributed by atoms with Gasteiger partial charge in [-0.05, 0) is 42.5 Å². The Hall–Kier alpha value is -6.07. The molecule has 0 atom stereocenters. The normalized spacial score (nSPS) is 11.6. The summed E-state index contributed by atoms with van der Waals surface area (Å²) < 4.78 is 4.69. The first-order valence-electron chi connectivity index (χ1n) is 14.7. The first kappa shape index (κ1) is 24.5. The van der Waals surface area contributed by atoms with E-state index in [1.807, 2.05) is 30.6 Å². The van der Waals surface area contributed by atoms with Crippen LogP contribution in [0.1, 0.15) is 0 Å². The van der Waals surface area contributed by atoms with E-state index in [-0.39, 0.29) is 0 Å². The van der Waals surface area contributed by atoms with Crippen molar-refractivity contribution < 1.29 is 0 Å². The van der Waals surface area contributed by atoms with Crippen molar-refractivity contribution in [3.05, 3.63) is 152 Å². The SMILES string of the molecule is c1ccc(-c2cc(-n3c4ccccc4c4ncc5c6ncccc6n(-c6ccccc6)c5c43)cc(-c3ccccc3)n2)cc1. The maximum atomic E-state index is 5.16. The second-order valence-corrected chi connectivity index (χ2v) is 10.9. The molecule has 0 saturated heterocycles. The van der Waals surface area contributed by atoms with Crippen LogP contribution in [0.15, 0.2) is 152 Å². The van der Waals surface area contributed by atoms with E-state index in [0.717, 1.165) is 77.8 Å². The number of para-hydroxylation sites is 2. The van der Waals surface area contributed by atoms with Crippen molar-refractivity contribution in [2.75, 3.05) is 0 Å². The van der Waals surface area contributed by atoms with Crippen LogP contribution in [0.4, 0.5) is 0 Å². The molecule has 44 heavy (non-hydrogen) atoms. The molecular weight excluding hydrogens is 538 g/mol. The van der Waals surface area contributed by atoms with Crippen LogP contribution in [0.25, 0.3) is 77.8 Å². The molecule has 0 unspecified atom stereocenters. The van der Waals surface area contributed by atoms with Gasteiger partial charge >= 0.3 is 0 Å². The van der Waals surface area contributed by atoms with E-state index in [1.54, 1.807) is 0 Å². The molecule has 0 bridgehead atoms. The Morgan fingerprint density at radius 1 is 0.432 bits per heavy atom. The summed E-state index contributed by atoms with van der Waals surface area (Å²) in [5, 5.41) is 2.11. The van der Waals surface area contributed by atoms with Gasteiger partial charge in [0.25, 0.3) is 0 Å². The summed E-state index contributed by atoms with van der Waals surface area (Å²) in [6.45, 7) is 0. The molecule has 0 aliphatic carbocycles. The van der Waals surface area contributed by atoms with Gasteiger partial charge in [-0.25, -0.2) is 4.98 Å². The maximum Gasteiger partial charge on any atom is 0.0985 e. The van der Waals surface area contributed by atoms with Crippen molar-refractivity contribution in [3.8, 4) is 33.9 Å². The Morgan fingerprint density at radius 3 is 1.73 bits per heavy atom. The molecule has 5 heteroatoms. The van der Waals surface area contributed by atoms with Crippen molar-refractivity contribution in [3.63, 3.8) is 0 Å². The lowest BCUT2D eigenvalue weighted by atomic mass is 10.1. The topological polar surface area (TPSA) is 48.5 Å². The average molecular weight is 564 g/mol. The Balaban J connectivity index is 1.48. The van der Waals surface area contributed by atoms with Crippen molar-refractivity contribution in [1.29, 1.82) is 0 Å². The fourth-order valence-electron chi connectivity index (χ4n) is 6.47. The zero-order valence-electron chi connectivity index (χ0n) is 23.7. The maximum absolute atomic E-state index is 5.16. The van der Waals surface area contributed by atoms with Crippen LogP contribution < -0.4 is 0 Å². The van der Waals surface area contributed by atoms with Gasteiger partial charge in [-0.3, -0.25) is 9.97 Å². The second-order valence-electron chi connectivity index (χ2n) is 10.9. The molecule has 9 rings (SSSR count). The molecule has 0 aliphatic heterocycles. The number of fused-ring (bicyclic) bond motifs is 7. The Kier molecular flexibility index (Phi) is 5.43. The zero-order chi connectivity index (χ0) is 29.0. The molecule has 9 aromatic rings. The highest BCUT2D eigenvalue weighted by molar-refractivity contribution is 6.21. The van der Waals surface area contributed by atoms with Gasteiger partial charge in [-0.15, -0.1) is 0 Å². The van der Waals surface area contributed by atoms with E-state index < -0.39 is 0 Å². The van der Waals surface area contributed by atoms with Crippen LogP contribution in [0, 0.1) is 0 Å². The third-order valence-corrected chi connectivity index (χ3v) is 8.38. The molecule has 5 nitrogen and oxygen atoms in total. The minimum Gasteiger partial charge on any atom is -0.306 e. The molecule has 0 fully saturated rings. The predicted molar refractivity (Wildman–Crippen MR) is 179 cm³/mol. The Bertz CT molecular complexity index is 2420. The summed E-state index contributed by atoms with van der Waals surface area (Å²) >= 11 is 0. The van der Waals surface area contributed by atoms with Crippen LogP contribution in [-0.4, -0.2) is 24.1 Å².